The molecule has 514 valence electrons. The molecule has 6 aromatic rings. The summed E-state index contributed by atoms with van der Waals surface area (Å²) in [5.74, 6) is 2.49. The van der Waals surface area contributed by atoms with Gasteiger partial charge < -0.3 is 37.9 Å². The van der Waals surface area contributed by atoms with Crippen molar-refractivity contribution in [3.8, 4) is 45.6 Å². The zero-order valence-corrected chi connectivity index (χ0v) is 65.8. The molecule has 0 aromatic heterocycles. The quantitative estimate of drug-likeness (QED) is 0.0575. The number of ether oxygens (including phenoxy) is 8. The zero-order chi connectivity index (χ0) is 71.1. The molecular formula is C80H110Cl2O10P2. The normalized spacial score (nSPS) is 12.9. The van der Waals surface area contributed by atoms with Gasteiger partial charge in [-0.05, 0) is 166 Å². The molecule has 0 saturated carbocycles. The van der Waals surface area contributed by atoms with Crippen LogP contribution >= 0.6 is 39.0 Å². The van der Waals surface area contributed by atoms with Crippen molar-refractivity contribution < 1.29 is 47.5 Å². The van der Waals surface area contributed by atoms with E-state index in [1.54, 1.807) is 42.3 Å². The fourth-order valence-corrected chi connectivity index (χ4v) is 17.6. The molecule has 0 fully saturated rings. The van der Waals surface area contributed by atoms with E-state index in [1.807, 2.05) is 12.1 Å². The van der Waals surface area contributed by atoms with Gasteiger partial charge in [0.05, 0.1) is 51.7 Å². The van der Waals surface area contributed by atoms with Gasteiger partial charge in [0, 0.05) is 55.6 Å². The highest BCUT2D eigenvalue weighted by molar-refractivity contribution is 7.81. The molecule has 0 atom stereocenters. The van der Waals surface area contributed by atoms with E-state index in [2.05, 4.69) is 227 Å². The Morgan fingerprint density at radius 2 is 0.521 bits per heavy atom. The SMILES string of the molecule is CCOC(=O)COc1c(Cl)ccc(P(c2cc(C(C)(C)C)c(OC)c(C(C)(C)C)c2)c2cc(C(C)(C)C)c(OC)c(C(C)(C)C)c2)c1-c1c(P(c2cc(C(C)(C)C)c(OC)c(C(C)(C)C)c2)c2cc(C(C)(C)C)c(OC)c(C(C)(C)C)c2)ccc(Cl)c1OCC(=O)OCC. The lowest BCUT2D eigenvalue weighted by molar-refractivity contribution is -0.146. The van der Waals surface area contributed by atoms with E-state index in [9.17, 15) is 9.59 Å². The van der Waals surface area contributed by atoms with Crippen LogP contribution in [0.15, 0.2) is 72.8 Å². The van der Waals surface area contributed by atoms with Gasteiger partial charge in [0.25, 0.3) is 0 Å². The van der Waals surface area contributed by atoms with E-state index in [0.717, 1.165) is 99.3 Å². The molecule has 94 heavy (non-hydrogen) atoms. The number of hydrogen-bond acceptors (Lipinski definition) is 10. The lowest BCUT2D eigenvalue weighted by Crippen LogP contribution is -2.32. The van der Waals surface area contributed by atoms with Crippen LogP contribution in [0.1, 0.15) is 225 Å². The van der Waals surface area contributed by atoms with Gasteiger partial charge in [-0.15, -0.1) is 0 Å². The standard InChI is InChI=1S/C80H110Cl2O10P2/c1-31-89-63(83)45-91-71-59(81)33-35-61(93(47-37-51(73(3,4)5)67(85-27)52(38-47)74(6,7)8)48-39-53(75(9,10)11)68(86-28)54(40-48)76(12,13)14)65(71)66-62(36-34-60(82)72(66)92-46-64(84)90-32-2)94(49-41-55(77(15,16)17)69(87-29)56(42-49)78(18,19)20)50-43-57(79(21,22)23)70(88-30)58(44-50)80(24,25)26/h33-44H,31-32,45-46H2,1-30H3. The number of methoxy groups -OCH3 is 4. The van der Waals surface area contributed by atoms with Crippen LogP contribution in [0.4, 0.5) is 0 Å². The smallest absolute Gasteiger partial charge is 0.344 e. The predicted molar refractivity (Wildman–Crippen MR) is 399 cm³/mol. The second-order valence-electron chi connectivity index (χ2n) is 32.7. The summed E-state index contributed by atoms with van der Waals surface area (Å²) in [5.41, 5.74) is 5.93. The van der Waals surface area contributed by atoms with Gasteiger partial charge in [0.2, 0.25) is 0 Å². The molecule has 0 spiro atoms. The first-order valence-electron chi connectivity index (χ1n) is 32.9. The lowest BCUT2D eigenvalue weighted by atomic mass is 9.79. The minimum absolute atomic E-state index is 0.125. The van der Waals surface area contributed by atoms with E-state index in [1.165, 1.54) is 0 Å². The van der Waals surface area contributed by atoms with Gasteiger partial charge in [-0.25, -0.2) is 9.59 Å². The molecule has 0 bridgehead atoms. The van der Waals surface area contributed by atoms with E-state index in [0.29, 0.717) is 11.1 Å². The summed E-state index contributed by atoms with van der Waals surface area (Å²) in [6, 6.07) is 26.5. The summed E-state index contributed by atoms with van der Waals surface area (Å²) >= 11 is 15.7. The van der Waals surface area contributed by atoms with Crippen LogP contribution < -0.4 is 60.2 Å². The molecular weight excluding hydrogens is 1250 g/mol. The Labute approximate surface area is 578 Å². The topological polar surface area (TPSA) is 108 Å². The first-order chi connectivity index (χ1) is 43.1. The Bertz CT molecular complexity index is 3200. The van der Waals surface area contributed by atoms with Crippen LogP contribution in [-0.4, -0.2) is 66.8 Å². The Kier molecular flexibility index (Phi) is 23.8. The lowest BCUT2D eigenvalue weighted by Gasteiger charge is -2.36. The van der Waals surface area contributed by atoms with Crippen LogP contribution in [0.3, 0.4) is 0 Å². The number of carbonyl (C=O) groups is 2. The molecule has 14 heteroatoms. The van der Waals surface area contributed by atoms with Crippen molar-refractivity contribution in [2.24, 2.45) is 0 Å². The molecule has 0 aliphatic rings. The van der Waals surface area contributed by atoms with E-state index < -0.39 is 84.3 Å². The maximum absolute atomic E-state index is 14.0. The largest absolute Gasteiger partial charge is 0.496 e. The fourth-order valence-electron chi connectivity index (χ4n) is 12.1. The Hall–Kier alpha value is -5.50. The van der Waals surface area contributed by atoms with Crippen molar-refractivity contribution in [3.05, 3.63) is 127 Å². The van der Waals surface area contributed by atoms with Gasteiger partial charge in [-0.2, -0.15) is 0 Å². The van der Waals surface area contributed by atoms with Crippen LogP contribution in [0, 0.1) is 0 Å². The third-order valence-electron chi connectivity index (χ3n) is 16.8. The third kappa shape index (κ3) is 17.1. The Morgan fingerprint density at radius 3 is 0.681 bits per heavy atom. The molecule has 0 radical (unpaired) electrons. The van der Waals surface area contributed by atoms with E-state index in [-0.39, 0.29) is 34.8 Å². The summed E-state index contributed by atoms with van der Waals surface area (Å²) in [6.07, 6.45) is 0. The number of benzene rings is 6. The molecule has 6 rings (SSSR count). The second-order valence-corrected chi connectivity index (χ2v) is 37.9. The number of rotatable bonds is 19. The molecule has 0 aliphatic carbocycles. The Morgan fingerprint density at radius 1 is 0.330 bits per heavy atom. The zero-order valence-electron chi connectivity index (χ0n) is 62.5. The van der Waals surface area contributed by atoms with Gasteiger partial charge in [-0.1, -0.05) is 202 Å². The minimum Gasteiger partial charge on any atom is -0.496 e. The molecule has 0 N–H and O–H groups in total. The van der Waals surface area contributed by atoms with Crippen molar-refractivity contribution in [1.29, 1.82) is 0 Å². The highest BCUT2D eigenvalue weighted by atomic mass is 35.5. The number of esters is 2. The summed E-state index contributed by atoms with van der Waals surface area (Å²) in [4.78, 5) is 28.0. The highest BCUT2D eigenvalue weighted by Crippen LogP contribution is 2.55. The predicted octanol–water partition coefficient (Wildman–Crippen LogP) is 18.5. The van der Waals surface area contributed by atoms with Crippen LogP contribution in [-0.2, 0) is 62.4 Å². The number of hydrogen-bond donors (Lipinski definition) is 0. The average Bonchev–Trinajstić information content (AvgIpc) is 0.731. The van der Waals surface area contributed by atoms with Crippen molar-refractivity contribution in [2.45, 2.75) is 223 Å². The summed E-state index contributed by atoms with van der Waals surface area (Å²) < 4.78 is 51.5. The molecule has 0 heterocycles. The first-order valence-corrected chi connectivity index (χ1v) is 36.3. The van der Waals surface area contributed by atoms with Gasteiger partial charge >= 0.3 is 11.9 Å². The molecule has 0 unspecified atom stereocenters. The Balaban J connectivity index is 2.15. The molecule has 10 nitrogen and oxygen atoms in total. The van der Waals surface area contributed by atoms with Gasteiger partial charge in [0.15, 0.2) is 13.2 Å². The number of carbonyl (C=O) groups excluding carboxylic acids is 2. The maximum atomic E-state index is 14.0. The fraction of sp³-hybridized carbons (Fsp3) is 0.525. The molecule has 6 aromatic carbocycles. The van der Waals surface area contributed by atoms with Gasteiger partial charge in [0.1, 0.15) is 34.5 Å². The van der Waals surface area contributed by atoms with Crippen molar-refractivity contribution >= 4 is 82.8 Å². The monoisotopic (exact) mass is 1360 g/mol. The van der Waals surface area contributed by atoms with Crippen LogP contribution in [0.5, 0.6) is 34.5 Å². The van der Waals surface area contributed by atoms with E-state index >= 15 is 0 Å². The molecule has 0 saturated heterocycles. The van der Waals surface area contributed by atoms with Crippen molar-refractivity contribution in [3.63, 3.8) is 0 Å². The summed E-state index contributed by atoms with van der Waals surface area (Å²) in [6.45, 7) is 56.1. The molecule has 0 amide bonds. The highest BCUT2D eigenvalue weighted by Gasteiger charge is 2.40. The van der Waals surface area contributed by atoms with E-state index in [4.69, 9.17) is 61.1 Å². The van der Waals surface area contributed by atoms with Gasteiger partial charge in [-0.3, -0.25) is 0 Å². The maximum Gasteiger partial charge on any atom is 0.344 e. The average molecular weight is 1360 g/mol. The van der Waals surface area contributed by atoms with Crippen molar-refractivity contribution in [2.75, 3.05) is 54.9 Å². The third-order valence-corrected chi connectivity index (χ3v) is 22.2. The minimum atomic E-state index is -1.81. The van der Waals surface area contributed by atoms with Crippen LogP contribution in [0.2, 0.25) is 10.0 Å². The van der Waals surface area contributed by atoms with Crippen LogP contribution in [0.25, 0.3) is 11.1 Å². The van der Waals surface area contributed by atoms with Crippen molar-refractivity contribution in [1.82, 2.24) is 0 Å². The second kappa shape index (κ2) is 28.9. The number of halogens is 2. The first kappa shape index (κ1) is 77.5. The summed E-state index contributed by atoms with van der Waals surface area (Å²) in [5, 5.41) is 6.07. The molecule has 0 aliphatic heterocycles. The summed E-state index contributed by atoms with van der Waals surface area (Å²) in [7, 11) is 3.42.